The van der Waals surface area contributed by atoms with Gasteiger partial charge in [-0.05, 0) is 150 Å². The summed E-state index contributed by atoms with van der Waals surface area (Å²) in [5, 5.41) is 14.6. The molecule has 0 spiro atoms. The van der Waals surface area contributed by atoms with E-state index in [2.05, 4.69) is 41.8 Å². The maximum Gasteiger partial charge on any atom is 0.413 e. The number of aliphatic hydroxyl groups excluding tert-OH is 1. The van der Waals surface area contributed by atoms with Crippen LogP contribution in [-0.4, -0.2) is 137 Å². The number of likely N-dealkylation sites (tertiary alicyclic amines) is 1. The number of ether oxygens (including phenoxy) is 4. The topological polar surface area (TPSA) is 245 Å². The molecule has 5 fully saturated rings. The van der Waals surface area contributed by atoms with Crippen molar-refractivity contribution in [2.75, 3.05) is 44.4 Å². The normalized spacial score (nSPS) is 28.9. The molecule has 5 heterocycles. The van der Waals surface area contributed by atoms with Crippen molar-refractivity contribution in [3.05, 3.63) is 110 Å². The summed E-state index contributed by atoms with van der Waals surface area (Å²) in [6.45, 7) is 13.0. The van der Waals surface area contributed by atoms with Crippen LogP contribution in [0.5, 0.6) is 0 Å². The van der Waals surface area contributed by atoms with Crippen LogP contribution in [0.15, 0.2) is 98.9 Å². The first kappa shape index (κ1) is 59.7. The summed E-state index contributed by atoms with van der Waals surface area (Å²) < 4.78 is 58.5. The highest BCUT2D eigenvalue weighted by atomic mass is 35.5. The number of amides is 1. The van der Waals surface area contributed by atoms with Gasteiger partial charge in [0.2, 0.25) is 11.7 Å². The molecule has 5 N–H and O–H groups in total. The minimum atomic E-state index is -2.27. The van der Waals surface area contributed by atoms with Gasteiger partial charge in [0.1, 0.15) is 6.17 Å². The molecule has 0 radical (unpaired) electrons. The molecule has 0 unspecified atom stereocenters. The highest BCUT2D eigenvalue weighted by Gasteiger charge is 2.80. The van der Waals surface area contributed by atoms with Crippen molar-refractivity contribution in [2.24, 2.45) is 22.7 Å². The van der Waals surface area contributed by atoms with Crippen molar-refractivity contribution in [1.82, 2.24) is 34.0 Å². The third-order valence-electron chi connectivity index (χ3n) is 17.9. The van der Waals surface area contributed by atoms with Crippen LogP contribution in [0.2, 0.25) is 5.02 Å². The van der Waals surface area contributed by atoms with Crippen LogP contribution in [0.1, 0.15) is 92.5 Å². The predicted molar refractivity (Wildman–Crippen MR) is 311 cm³/mol. The number of alkyl halides is 2. The molecule has 23 heteroatoms. The number of nitrogens with zero attached hydrogens (tertiary/aromatic N) is 4. The first-order chi connectivity index (χ1) is 39.4. The molecule has 6 aliphatic rings. The Morgan fingerprint density at radius 1 is 0.928 bits per heavy atom. The van der Waals surface area contributed by atoms with Crippen LogP contribution < -0.4 is 16.7 Å². The number of aromatic nitrogens is 6. The van der Waals surface area contributed by atoms with Gasteiger partial charge in [0, 0.05) is 59.3 Å². The largest absolute Gasteiger partial charge is 0.458 e. The molecule has 83 heavy (non-hydrogen) atoms. The quantitative estimate of drug-likeness (QED) is 0.0566. The molecule has 2 saturated heterocycles. The highest BCUT2D eigenvalue weighted by molar-refractivity contribution is 7.99. The summed E-state index contributed by atoms with van der Waals surface area (Å²) in [7, 11) is 1.32. The van der Waals surface area contributed by atoms with Crippen LogP contribution in [0.25, 0.3) is 33.1 Å². The number of carbonyl (C=O) groups is 4. The van der Waals surface area contributed by atoms with Gasteiger partial charge in [-0.25, -0.2) is 28.1 Å². The van der Waals surface area contributed by atoms with E-state index < -0.39 is 88.3 Å². The molecule has 0 bridgehead atoms. The monoisotopic (exact) mass is 1180 g/mol. The fourth-order valence-corrected chi connectivity index (χ4v) is 15.2. The number of benzene rings is 3. The van der Waals surface area contributed by atoms with Crippen LogP contribution in [0.4, 0.5) is 19.5 Å². The number of esters is 1. The van der Waals surface area contributed by atoms with E-state index >= 15 is 8.78 Å². The number of allylic oxidation sites excluding steroid dienone is 4. The van der Waals surface area contributed by atoms with Crippen LogP contribution in [0, 0.1) is 22.7 Å². The maximum absolute atomic E-state index is 17.3. The zero-order valence-electron chi connectivity index (χ0n) is 47.5. The predicted octanol–water partition coefficient (Wildman–Crippen LogP) is 9.53. The van der Waals surface area contributed by atoms with Gasteiger partial charge >= 0.3 is 23.4 Å². The number of ketones is 2. The van der Waals surface area contributed by atoms with Crippen molar-refractivity contribution in [1.29, 1.82) is 0 Å². The average molecular weight is 1190 g/mol. The lowest BCUT2D eigenvalue weighted by Crippen LogP contribution is -2.71. The Balaban J connectivity index is 0.000000146. The number of anilines is 1. The molecule has 3 aromatic carbocycles. The molecule has 6 aromatic rings. The number of nitrogens with one attached hydrogen (secondary N) is 4. The van der Waals surface area contributed by atoms with E-state index in [0.717, 1.165) is 90.2 Å². The van der Waals surface area contributed by atoms with E-state index in [1.54, 1.807) is 38.6 Å². The molecular formula is C60H71ClF2N8O11S. The number of rotatable bonds is 12. The summed E-state index contributed by atoms with van der Waals surface area (Å²) in [5.74, 6) is -2.74. The second-order valence-electron chi connectivity index (χ2n) is 23.4. The molecular weight excluding hydrogens is 1110 g/mol. The average Bonchev–Trinajstić information content (AvgIpc) is 1.61. The lowest BCUT2D eigenvalue weighted by Gasteiger charge is -2.63. The fraction of sp³-hybridized carbons (Fsp3) is 0.517. The van der Waals surface area contributed by atoms with Gasteiger partial charge < -0.3 is 43.9 Å². The first-order valence-electron chi connectivity index (χ1n) is 28.2. The van der Waals surface area contributed by atoms with E-state index in [1.807, 2.05) is 63.7 Å². The molecule has 4 aliphatic carbocycles. The van der Waals surface area contributed by atoms with Crippen molar-refractivity contribution >= 4 is 86.0 Å². The maximum atomic E-state index is 17.3. The Kier molecular flexibility index (Phi) is 16.7. The SMILES string of the molecule is CC(=O)OCC(=O)[C@@]12OC(C)(C)O[C@@H]1C[C@H]1[C@@H]3C[C@H](F)C4=CC(=O)C=C[C@]4(C)[C@@]3(F)[C@@H](O)C[C@@]12C.CCCSc1ccc2nc(NC(=O)OC)[nH]c2c1.O=c1[nH]c2ccccc2n1CCCN1CCC(n2c(=O)[nH]c3cc(Cl)ccc32)CC1. The molecule has 3 saturated carbocycles. The Morgan fingerprint density at radius 2 is 1.67 bits per heavy atom. The zero-order valence-corrected chi connectivity index (χ0v) is 49.1. The van der Waals surface area contributed by atoms with E-state index in [4.69, 9.17) is 25.8 Å². The number of aromatic amines is 3. The fourth-order valence-electron chi connectivity index (χ4n) is 14.2. The number of fused-ring (bicyclic) bond motifs is 10. The molecule has 9 atom stereocenters. The number of H-pyrrole nitrogens is 3. The van der Waals surface area contributed by atoms with E-state index in [-0.39, 0.29) is 42.3 Å². The van der Waals surface area contributed by atoms with Crippen molar-refractivity contribution in [3.8, 4) is 0 Å². The molecule has 444 valence electrons. The minimum absolute atomic E-state index is 0.0406. The number of imidazole rings is 3. The van der Waals surface area contributed by atoms with Gasteiger partial charge in [-0.2, -0.15) is 0 Å². The lowest BCUT2D eigenvalue weighted by molar-refractivity contribution is -0.249. The standard InChI is InChI=1S/C26H32F2O7.C22H24ClN5O2.C12H15N3O2S/c1-13(29)33-12-20(32)26-21(34-22(2,3)35-26)10-15-16-9-18(27)17-8-14(30)6-7-23(17,4)25(16,28)19(31)11-24(15,26)5;23-15-6-7-20-18(14-15)25-22(30)28(20)16-8-12-26(13-9-16)10-3-11-27-19-5-2-1-4-17(19)24-21(27)29;1-3-6-18-8-4-5-9-10(7-8)14-11(13-9)15-12(16)17-2/h6-8,15-16,18-19,21,31H,9-12H2,1-5H3;1-2,4-7,14,16H,3,8-13H2,(H,24,29)(H,25,30);4-5,7H,3,6H2,1-2H3,(H2,13,14,15,16)/t15-,16-,18-,19-,21+,23-,24-,25-,26+;;/m0../s1. The number of halogens is 3. The van der Waals surface area contributed by atoms with Gasteiger partial charge in [0.15, 0.2) is 29.4 Å². The molecule has 12 rings (SSSR count). The molecule has 1 amide bonds. The number of Topliss-reactive ketones (excluding diaryl/α,β-unsaturated/α-hetero) is 1. The summed E-state index contributed by atoms with van der Waals surface area (Å²) in [5.41, 5.74) is -1.29. The smallest absolute Gasteiger partial charge is 0.413 e. The number of hydrogen-bond donors (Lipinski definition) is 5. The summed E-state index contributed by atoms with van der Waals surface area (Å²) in [6, 6.07) is 19.5. The van der Waals surface area contributed by atoms with Gasteiger partial charge in [-0.15, -0.1) is 11.8 Å². The van der Waals surface area contributed by atoms with Gasteiger partial charge in [0.05, 0.1) is 52.4 Å². The number of hydrogen-bond acceptors (Lipinski definition) is 14. The third kappa shape index (κ3) is 10.9. The zero-order chi connectivity index (χ0) is 59.4. The van der Waals surface area contributed by atoms with Gasteiger partial charge in [0.25, 0.3) is 0 Å². The van der Waals surface area contributed by atoms with Gasteiger partial charge in [-0.1, -0.05) is 43.7 Å². The molecule has 3 aromatic heterocycles. The number of methoxy groups -OCH3 is 1. The second-order valence-corrected chi connectivity index (χ2v) is 25.0. The van der Waals surface area contributed by atoms with Crippen LogP contribution in [-0.2, 0) is 39.9 Å². The summed E-state index contributed by atoms with van der Waals surface area (Å²) in [6.07, 6.45) is 3.04. The first-order valence-corrected chi connectivity index (χ1v) is 29.6. The highest BCUT2D eigenvalue weighted by Crippen LogP contribution is 2.72. The van der Waals surface area contributed by atoms with Crippen molar-refractivity contribution < 1.29 is 52.0 Å². The number of aryl methyl sites for hydroxylation is 1. The lowest BCUT2D eigenvalue weighted by atomic mass is 9.44. The Bertz CT molecular complexity index is 3660. The summed E-state index contributed by atoms with van der Waals surface area (Å²) in [4.78, 5) is 89.6. The Labute approximate surface area is 486 Å². The summed E-state index contributed by atoms with van der Waals surface area (Å²) >= 11 is 7.85. The number of para-hydroxylation sites is 2. The van der Waals surface area contributed by atoms with E-state index in [9.17, 15) is 33.9 Å². The molecule has 19 nitrogen and oxygen atoms in total. The van der Waals surface area contributed by atoms with Crippen molar-refractivity contribution in [2.45, 2.75) is 139 Å². The minimum Gasteiger partial charge on any atom is -0.458 e. The number of aliphatic hydroxyl groups is 1. The van der Waals surface area contributed by atoms with E-state index in [0.29, 0.717) is 17.5 Å². The second kappa shape index (κ2) is 23.2. The third-order valence-corrected chi connectivity index (χ3v) is 19.3. The van der Waals surface area contributed by atoms with E-state index in [1.165, 1.54) is 38.0 Å². The van der Waals surface area contributed by atoms with Gasteiger partial charge in [-0.3, -0.25) is 28.8 Å². The van der Waals surface area contributed by atoms with Crippen LogP contribution >= 0.6 is 23.4 Å². The molecule has 2 aliphatic heterocycles. The number of thioether (sulfide) groups is 1. The number of piperidine rings is 1. The van der Waals surface area contributed by atoms with Crippen molar-refractivity contribution in [3.63, 3.8) is 0 Å². The Hall–Kier alpha value is -6.43. The van der Waals surface area contributed by atoms with Crippen LogP contribution in [0.3, 0.4) is 0 Å². The number of carbonyl (C=O) groups excluding carboxylic acids is 4. The Morgan fingerprint density at radius 3 is 2.41 bits per heavy atom.